The van der Waals surface area contributed by atoms with Crippen molar-refractivity contribution in [2.75, 3.05) is 7.11 Å². The van der Waals surface area contributed by atoms with E-state index in [0.29, 0.717) is 0 Å². The van der Waals surface area contributed by atoms with Crippen molar-refractivity contribution in [2.45, 2.75) is 0 Å². The number of benzene rings is 1. The molecular weight excluding hydrogens is 194 g/mol. The summed E-state index contributed by atoms with van der Waals surface area (Å²) in [5.74, 6) is 6.06. The average molecular weight is 203 g/mol. The minimum absolute atomic E-state index is 0.553. The molecule has 76 valence electrons. The van der Waals surface area contributed by atoms with Crippen LogP contribution in [0.5, 0.6) is 5.75 Å². The summed E-state index contributed by atoms with van der Waals surface area (Å²) < 4.78 is 4.97. The summed E-state index contributed by atoms with van der Waals surface area (Å²) >= 11 is 0. The van der Waals surface area contributed by atoms with Crippen molar-refractivity contribution in [3.8, 4) is 17.6 Å². The van der Waals surface area contributed by atoms with Gasteiger partial charge in [0.15, 0.2) is 0 Å². The third-order valence-corrected chi connectivity index (χ3v) is 1.59. The number of hydrogen-bond donors (Lipinski definition) is 0. The van der Waals surface area contributed by atoms with Gasteiger partial charge in [0, 0.05) is 5.56 Å². The van der Waals surface area contributed by atoms with Gasteiger partial charge in [-0.05, 0) is 24.3 Å². The normalized spacial score (nSPS) is 9.40. The van der Waals surface area contributed by atoms with E-state index < -0.39 is 4.92 Å². The summed E-state index contributed by atoms with van der Waals surface area (Å²) in [6.45, 7) is 0. The van der Waals surface area contributed by atoms with Crippen LogP contribution in [0.25, 0.3) is 0 Å². The third kappa shape index (κ3) is 3.96. The first-order chi connectivity index (χ1) is 7.22. The Bertz CT molecular complexity index is 423. The van der Waals surface area contributed by atoms with Crippen LogP contribution in [0.4, 0.5) is 0 Å². The van der Waals surface area contributed by atoms with Gasteiger partial charge >= 0.3 is 0 Å². The quantitative estimate of drug-likeness (QED) is 0.418. The van der Waals surface area contributed by atoms with Crippen molar-refractivity contribution in [2.24, 2.45) is 0 Å². The van der Waals surface area contributed by atoms with Gasteiger partial charge in [0.05, 0.1) is 18.1 Å². The fourth-order valence-electron chi connectivity index (χ4n) is 0.897. The second-order valence-electron chi connectivity index (χ2n) is 2.60. The largest absolute Gasteiger partial charge is 0.497 e. The molecule has 4 nitrogen and oxygen atoms in total. The van der Waals surface area contributed by atoms with Gasteiger partial charge in [0.1, 0.15) is 5.75 Å². The predicted octanol–water partition coefficient (Wildman–Crippen LogP) is 1.84. The summed E-state index contributed by atoms with van der Waals surface area (Å²) in [5.41, 5.74) is 0.781. The SMILES string of the molecule is COc1ccc(C#C/C=C/[N+](=O)[O-])cc1. The van der Waals surface area contributed by atoms with Gasteiger partial charge in [-0.2, -0.15) is 0 Å². The number of rotatable bonds is 2. The first-order valence-electron chi connectivity index (χ1n) is 4.18. The van der Waals surface area contributed by atoms with E-state index in [1.807, 2.05) is 0 Å². The lowest BCUT2D eigenvalue weighted by atomic mass is 10.2. The Morgan fingerprint density at radius 1 is 1.40 bits per heavy atom. The van der Waals surface area contributed by atoms with Crippen LogP contribution in [0.15, 0.2) is 36.5 Å². The molecule has 15 heavy (non-hydrogen) atoms. The van der Waals surface area contributed by atoms with E-state index in [4.69, 9.17) is 4.74 Å². The van der Waals surface area contributed by atoms with E-state index in [9.17, 15) is 10.1 Å². The zero-order valence-electron chi connectivity index (χ0n) is 8.14. The van der Waals surface area contributed by atoms with Crippen molar-refractivity contribution in [1.29, 1.82) is 0 Å². The summed E-state index contributed by atoms with van der Waals surface area (Å²) in [4.78, 5) is 9.38. The lowest BCUT2D eigenvalue weighted by molar-refractivity contribution is -0.402. The van der Waals surface area contributed by atoms with Crippen molar-refractivity contribution in [3.05, 3.63) is 52.2 Å². The van der Waals surface area contributed by atoms with Crippen LogP contribution in [-0.2, 0) is 0 Å². The van der Waals surface area contributed by atoms with Crippen LogP contribution in [-0.4, -0.2) is 12.0 Å². The van der Waals surface area contributed by atoms with Gasteiger partial charge in [-0.25, -0.2) is 0 Å². The molecule has 0 heterocycles. The third-order valence-electron chi connectivity index (χ3n) is 1.59. The highest BCUT2D eigenvalue weighted by molar-refractivity contribution is 5.39. The molecule has 0 unspecified atom stereocenters. The molecule has 0 spiro atoms. The van der Waals surface area contributed by atoms with Gasteiger partial charge < -0.3 is 4.74 Å². The highest BCUT2D eigenvalue weighted by atomic mass is 16.6. The molecule has 0 N–H and O–H groups in total. The Hall–Kier alpha value is -2.28. The molecule has 0 atom stereocenters. The van der Waals surface area contributed by atoms with Crippen LogP contribution in [0.2, 0.25) is 0 Å². The first kappa shape index (κ1) is 10.8. The lowest BCUT2D eigenvalue weighted by Gasteiger charge is -1.97. The first-order valence-corrected chi connectivity index (χ1v) is 4.18. The molecule has 4 heteroatoms. The number of hydrogen-bond acceptors (Lipinski definition) is 3. The van der Waals surface area contributed by atoms with Crippen molar-refractivity contribution >= 4 is 0 Å². The van der Waals surface area contributed by atoms with E-state index >= 15 is 0 Å². The van der Waals surface area contributed by atoms with Crippen LogP contribution in [0, 0.1) is 22.0 Å². The van der Waals surface area contributed by atoms with Crippen LogP contribution in [0.3, 0.4) is 0 Å². The molecule has 1 aromatic carbocycles. The second-order valence-corrected chi connectivity index (χ2v) is 2.60. The van der Waals surface area contributed by atoms with E-state index in [2.05, 4.69) is 11.8 Å². The molecule has 0 saturated carbocycles. The Balaban J connectivity index is 2.68. The minimum Gasteiger partial charge on any atom is -0.497 e. The predicted molar refractivity (Wildman–Crippen MR) is 56.0 cm³/mol. The van der Waals surface area contributed by atoms with Gasteiger partial charge in [-0.3, -0.25) is 10.1 Å². The molecule has 0 aliphatic rings. The Morgan fingerprint density at radius 3 is 2.60 bits per heavy atom. The fourth-order valence-corrected chi connectivity index (χ4v) is 0.897. The molecular formula is C11H9NO3. The maximum absolute atomic E-state index is 9.93. The number of nitro groups is 1. The van der Waals surface area contributed by atoms with Gasteiger partial charge in [-0.15, -0.1) is 0 Å². The van der Waals surface area contributed by atoms with E-state index in [0.717, 1.165) is 17.5 Å². The van der Waals surface area contributed by atoms with Crippen molar-refractivity contribution in [1.82, 2.24) is 0 Å². The van der Waals surface area contributed by atoms with Gasteiger partial charge in [0.2, 0.25) is 6.20 Å². The highest BCUT2D eigenvalue weighted by Crippen LogP contribution is 2.09. The summed E-state index contributed by atoms with van der Waals surface area (Å²) in [6.07, 6.45) is 2.00. The van der Waals surface area contributed by atoms with Gasteiger partial charge in [0.25, 0.3) is 0 Å². The monoisotopic (exact) mass is 203 g/mol. The maximum atomic E-state index is 9.93. The molecule has 0 radical (unpaired) electrons. The highest BCUT2D eigenvalue weighted by Gasteiger charge is 1.89. The summed E-state index contributed by atoms with van der Waals surface area (Å²) in [5, 5.41) is 9.93. The average Bonchev–Trinajstić information content (AvgIpc) is 2.25. The Labute approximate surface area is 87.3 Å². The van der Waals surface area contributed by atoms with Crippen molar-refractivity contribution < 1.29 is 9.66 Å². The molecule has 0 saturated heterocycles. The zero-order chi connectivity index (χ0) is 11.1. The Morgan fingerprint density at radius 2 is 2.07 bits per heavy atom. The number of nitrogens with zero attached hydrogens (tertiary/aromatic N) is 1. The minimum atomic E-state index is -0.553. The standard InChI is InChI=1S/C11H9NO3/c1-15-11-7-5-10(6-8-11)4-2-3-9-12(13)14/h3,5-9H,1H3/b9-3+. The number of allylic oxidation sites excluding steroid dienone is 1. The van der Waals surface area contributed by atoms with Crippen LogP contribution < -0.4 is 4.74 Å². The number of methoxy groups -OCH3 is 1. The van der Waals surface area contributed by atoms with E-state index in [1.165, 1.54) is 6.08 Å². The molecule has 0 aliphatic carbocycles. The second kappa shape index (κ2) is 5.45. The molecule has 1 rings (SSSR count). The smallest absolute Gasteiger partial charge is 0.242 e. The molecule has 1 aromatic rings. The number of ether oxygens (including phenoxy) is 1. The summed E-state index contributed by atoms with van der Waals surface area (Å²) in [7, 11) is 1.58. The van der Waals surface area contributed by atoms with Crippen LogP contribution >= 0.6 is 0 Å². The van der Waals surface area contributed by atoms with Crippen LogP contribution in [0.1, 0.15) is 5.56 Å². The maximum Gasteiger partial charge on any atom is 0.242 e. The topological polar surface area (TPSA) is 52.4 Å². The fraction of sp³-hybridized carbons (Fsp3) is 0.0909. The Kier molecular flexibility index (Phi) is 3.92. The molecule has 0 amide bonds. The van der Waals surface area contributed by atoms with Crippen molar-refractivity contribution in [3.63, 3.8) is 0 Å². The lowest BCUT2D eigenvalue weighted by Crippen LogP contribution is -1.82. The molecule has 0 fully saturated rings. The molecule has 0 aliphatic heterocycles. The van der Waals surface area contributed by atoms with Gasteiger partial charge in [-0.1, -0.05) is 11.8 Å². The van der Waals surface area contributed by atoms with E-state index in [-0.39, 0.29) is 0 Å². The summed E-state index contributed by atoms with van der Waals surface area (Å²) in [6, 6.07) is 7.13. The molecule has 0 bridgehead atoms. The van der Waals surface area contributed by atoms with E-state index in [1.54, 1.807) is 31.4 Å². The molecule has 0 aromatic heterocycles. The zero-order valence-corrected chi connectivity index (χ0v) is 8.14.